The van der Waals surface area contributed by atoms with Gasteiger partial charge < -0.3 is 19.3 Å². The lowest BCUT2D eigenvalue weighted by Crippen LogP contribution is -2.54. The third-order valence-electron chi connectivity index (χ3n) is 6.32. The Morgan fingerprint density at radius 1 is 1.06 bits per heavy atom. The number of hydrogen-bond donors (Lipinski definition) is 0. The molecule has 0 aliphatic carbocycles. The van der Waals surface area contributed by atoms with Gasteiger partial charge in [0.15, 0.2) is 0 Å². The quantitative estimate of drug-likeness (QED) is 0.569. The highest BCUT2D eigenvalue weighted by Crippen LogP contribution is 2.34. The number of piperidine rings is 1. The van der Waals surface area contributed by atoms with Crippen LogP contribution in [0.25, 0.3) is 10.9 Å². The molecule has 178 valence electrons. The number of hydrogen-bond acceptors (Lipinski definition) is 7. The smallest absolute Gasteiger partial charge is 0.410 e. The molecule has 2 aliphatic heterocycles. The Hall–Kier alpha value is -3.42. The third-order valence-corrected chi connectivity index (χ3v) is 6.32. The second-order valence-electron chi connectivity index (χ2n) is 10.0. The Labute approximate surface area is 199 Å². The highest BCUT2D eigenvalue weighted by Gasteiger charge is 2.33. The fourth-order valence-electron chi connectivity index (χ4n) is 4.50. The number of fused-ring (bicyclic) bond motifs is 1. The summed E-state index contributed by atoms with van der Waals surface area (Å²) in [4.78, 5) is 29.9. The average molecular weight is 462 g/mol. The molecule has 4 heterocycles. The topological polar surface area (TPSA) is 80.7 Å². The van der Waals surface area contributed by atoms with Crippen molar-refractivity contribution in [1.29, 1.82) is 0 Å². The number of ether oxygens (including phenoxy) is 2. The lowest BCUT2D eigenvalue weighted by molar-refractivity contribution is 0.0204. The molecule has 1 amide bonds. The fourth-order valence-corrected chi connectivity index (χ4v) is 4.50. The van der Waals surface area contributed by atoms with E-state index < -0.39 is 5.60 Å². The summed E-state index contributed by atoms with van der Waals surface area (Å²) in [5.74, 6) is 1.88. The van der Waals surface area contributed by atoms with Gasteiger partial charge in [-0.1, -0.05) is 18.2 Å². The van der Waals surface area contributed by atoms with Crippen molar-refractivity contribution in [2.24, 2.45) is 0 Å². The number of aromatic nitrogens is 3. The van der Waals surface area contributed by atoms with Crippen LogP contribution in [-0.4, -0.2) is 63.8 Å². The van der Waals surface area contributed by atoms with Crippen molar-refractivity contribution in [3.8, 4) is 5.88 Å². The molecule has 0 unspecified atom stereocenters. The van der Waals surface area contributed by atoms with Gasteiger partial charge in [-0.2, -0.15) is 0 Å². The van der Waals surface area contributed by atoms with Crippen molar-refractivity contribution in [2.75, 3.05) is 31.1 Å². The van der Waals surface area contributed by atoms with Gasteiger partial charge >= 0.3 is 6.09 Å². The van der Waals surface area contributed by atoms with Gasteiger partial charge in [0, 0.05) is 30.2 Å². The molecule has 8 nitrogen and oxygen atoms in total. The minimum atomic E-state index is -0.485. The van der Waals surface area contributed by atoms with E-state index in [0.717, 1.165) is 48.2 Å². The van der Waals surface area contributed by atoms with Crippen LogP contribution in [0.3, 0.4) is 0 Å². The minimum absolute atomic E-state index is 0.0590. The number of anilines is 1. The maximum atomic E-state index is 12.4. The SMILES string of the molecule is CC(C)(C)OC(=O)N1CCC(c2cncnc2OC2CN(c3ccc4ccccc4n3)C2)CC1. The molecule has 3 aromatic rings. The van der Waals surface area contributed by atoms with E-state index >= 15 is 0 Å². The summed E-state index contributed by atoms with van der Waals surface area (Å²) in [7, 11) is 0. The Kier molecular flexibility index (Phi) is 5.98. The van der Waals surface area contributed by atoms with Gasteiger partial charge in [0.05, 0.1) is 18.6 Å². The standard InChI is InChI=1S/C26H31N5O3/c1-26(2,3)34-25(32)30-12-10-18(11-13-30)21-14-27-17-28-24(21)33-20-15-31(16-20)23-9-8-19-6-4-5-7-22(19)29-23/h4-9,14,17-18,20H,10-13,15-16H2,1-3H3. The van der Waals surface area contributed by atoms with E-state index in [2.05, 4.69) is 33.1 Å². The molecule has 34 heavy (non-hydrogen) atoms. The Bertz CT molecular complexity index is 1160. The number of rotatable bonds is 4. The summed E-state index contributed by atoms with van der Waals surface area (Å²) in [6.07, 6.45) is 4.88. The third kappa shape index (κ3) is 4.90. The van der Waals surface area contributed by atoms with E-state index in [1.807, 2.05) is 45.2 Å². The zero-order valence-electron chi connectivity index (χ0n) is 20.0. The summed E-state index contributed by atoms with van der Waals surface area (Å²) in [6.45, 7) is 8.51. The molecule has 2 aliphatic rings. The van der Waals surface area contributed by atoms with Crippen LogP contribution in [-0.2, 0) is 4.74 Å². The van der Waals surface area contributed by atoms with Crippen LogP contribution in [0, 0.1) is 0 Å². The molecule has 8 heteroatoms. The number of amides is 1. The summed E-state index contributed by atoms with van der Waals surface area (Å²) in [6, 6.07) is 12.3. The van der Waals surface area contributed by atoms with Crippen molar-refractivity contribution >= 4 is 22.8 Å². The van der Waals surface area contributed by atoms with Crippen molar-refractivity contribution in [1.82, 2.24) is 19.9 Å². The predicted octanol–water partition coefficient (Wildman–Crippen LogP) is 4.41. The van der Waals surface area contributed by atoms with Crippen LogP contribution in [0.5, 0.6) is 5.88 Å². The second-order valence-corrected chi connectivity index (χ2v) is 10.0. The molecule has 0 saturated carbocycles. The van der Waals surface area contributed by atoms with E-state index in [9.17, 15) is 4.79 Å². The number of carbonyl (C=O) groups excluding carboxylic acids is 1. The van der Waals surface area contributed by atoms with E-state index in [4.69, 9.17) is 14.5 Å². The number of benzene rings is 1. The lowest BCUT2D eigenvalue weighted by atomic mass is 9.91. The molecule has 0 radical (unpaired) electrons. The van der Waals surface area contributed by atoms with E-state index in [-0.39, 0.29) is 18.1 Å². The first-order chi connectivity index (χ1) is 16.4. The highest BCUT2D eigenvalue weighted by atomic mass is 16.6. The predicted molar refractivity (Wildman–Crippen MR) is 130 cm³/mol. The van der Waals surface area contributed by atoms with Crippen LogP contribution in [0.4, 0.5) is 10.6 Å². The number of nitrogens with zero attached hydrogens (tertiary/aromatic N) is 5. The summed E-state index contributed by atoms with van der Waals surface area (Å²) < 4.78 is 11.8. The summed E-state index contributed by atoms with van der Waals surface area (Å²) in [5, 5.41) is 1.14. The van der Waals surface area contributed by atoms with Crippen LogP contribution in [0.15, 0.2) is 48.9 Å². The molecule has 5 rings (SSSR count). The monoisotopic (exact) mass is 461 g/mol. The summed E-state index contributed by atoms with van der Waals surface area (Å²) >= 11 is 0. The van der Waals surface area contributed by atoms with Crippen molar-refractivity contribution < 1.29 is 14.3 Å². The first-order valence-corrected chi connectivity index (χ1v) is 11.9. The van der Waals surface area contributed by atoms with Crippen molar-refractivity contribution in [3.05, 3.63) is 54.5 Å². The van der Waals surface area contributed by atoms with Crippen LogP contribution < -0.4 is 9.64 Å². The molecular formula is C26H31N5O3. The zero-order valence-corrected chi connectivity index (χ0v) is 20.0. The summed E-state index contributed by atoms with van der Waals surface area (Å²) in [5.41, 5.74) is 1.54. The molecule has 0 atom stereocenters. The number of likely N-dealkylation sites (tertiary alicyclic amines) is 1. The van der Waals surface area contributed by atoms with E-state index in [0.29, 0.717) is 19.0 Å². The Balaban J connectivity index is 1.18. The number of carbonyl (C=O) groups is 1. The first-order valence-electron chi connectivity index (χ1n) is 11.9. The maximum absolute atomic E-state index is 12.4. The second kappa shape index (κ2) is 9.08. The van der Waals surface area contributed by atoms with Gasteiger partial charge in [-0.25, -0.2) is 19.7 Å². The number of pyridine rings is 1. The maximum Gasteiger partial charge on any atom is 0.410 e. The average Bonchev–Trinajstić information content (AvgIpc) is 2.80. The van der Waals surface area contributed by atoms with Gasteiger partial charge in [-0.3, -0.25) is 0 Å². The molecule has 1 aromatic carbocycles. The molecular weight excluding hydrogens is 430 g/mol. The van der Waals surface area contributed by atoms with Gasteiger partial charge in [-0.05, 0) is 57.7 Å². The van der Waals surface area contributed by atoms with Crippen LogP contribution in [0.1, 0.15) is 45.1 Å². The molecule has 0 bridgehead atoms. The van der Waals surface area contributed by atoms with Crippen molar-refractivity contribution in [3.63, 3.8) is 0 Å². The molecule has 2 fully saturated rings. The largest absolute Gasteiger partial charge is 0.470 e. The van der Waals surface area contributed by atoms with E-state index in [1.54, 1.807) is 4.90 Å². The zero-order chi connectivity index (χ0) is 23.7. The van der Waals surface area contributed by atoms with Crippen molar-refractivity contribution in [2.45, 2.75) is 51.2 Å². The Morgan fingerprint density at radius 3 is 2.59 bits per heavy atom. The van der Waals surface area contributed by atoms with Crippen LogP contribution in [0.2, 0.25) is 0 Å². The Morgan fingerprint density at radius 2 is 1.82 bits per heavy atom. The van der Waals surface area contributed by atoms with Gasteiger partial charge in [-0.15, -0.1) is 0 Å². The molecule has 2 aromatic heterocycles. The minimum Gasteiger partial charge on any atom is -0.470 e. The number of para-hydroxylation sites is 1. The molecule has 2 saturated heterocycles. The fraction of sp³-hybridized carbons (Fsp3) is 0.462. The normalized spacial score (nSPS) is 17.5. The van der Waals surface area contributed by atoms with Gasteiger partial charge in [0.25, 0.3) is 0 Å². The van der Waals surface area contributed by atoms with Crippen LogP contribution >= 0.6 is 0 Å². The van der Waals surface area contributed by atoms with Gasteiger partial charge in [0.1, 0.15) is 23.9 Å². The highest BCUT2D eigenvalue weighted by molar-refractivity contribution is 5.80. The lowest BCUT2D eigenvalue weighted by Gasteiger charge is -2.40. The van der Waals surface area contributed by atoms with Gasteiger partial charge in [0.2, 0.25) is 5.88 Å². The first kappa shape index (κ1) is 22.4. The molecule has 0 spiro atoms. The molecule has 0 N–H and O–H groups in total. The van der Waals surface area contributed by atoms with E-state index in [1.165, 1.54) is 6.33 Å².